The van der Waals surface area contributed by atoms with Gasteiger partial charge in [-0.3, -0.25) is 14.9 Å². The summed E-state index contributed by atoms with van der Waals surface area (Å²) in [6, 6.07) is 11.5. The largest absolute Gasteiger partial charge is 0.484 e. The number of nitrogens with one attached hydrogen (secondary N) is 1. The molecule has 0 radical (unpaired) electrons. The predicted molar refractivity (Wildman–Crippen MR) is 83.5 cm³/mol. The van der Waals surface area contributed by atoms with Gasteiger partial charge >= 0.3 is 6.61 Å². The number of ether oxygens (including phenoxy) is 2. The van der Waals surface area contributed by atoms with Gasteiger partial charge in [0.05, 0.1) is 11.0 Å². The van der Waals surface area contributed by atoms with E-state index in [0.29, 0.717) is 5.56 Å². The summed E-state index contributed by atoms with van der Waals surface area (Å²) in [7, 11) is 0. The van der Waals surface area contributed by atoms with E-state index in [1.54, 1.807) is 12.1 Å². The molecule has 9 heteroatoms. The van der Waals surface area contributed by atoms with Crippen LogP contribution < -0.4 is 14.8 Å². The Morgan fingerprint density at radius 3 is 2.68 bits per heavy atom. The molecular weight excluding hydrogens is 338 g/mol. The Kier molecular flexibility index (Phi) is 6.21. The molecule has 2 aromatic rings. The molecular formula is C16H14F2N2O5. The summed E-state index contributed by atoms with van der Waals surface area (Å²) in [4.78, 5) is 21.9. The average Bonchev–Trinajstić information content (AvgIpc) is 2.59. The van der Waals surface area contributed by atoms with Gasteiger partial charge in [0, 0.05) is 18.2 Å². The van der Waals surface area contributed by atoms with Crippen LogP contribution in [-0.4, -0.2) is 24.0 Å². The van der Waals surface area contributed by atoms with E-state index < -0.39 is 17.4 Å². The van der Waals surface area contributed by atoms with Crippen LogP contribution in [0.15, 0.2) is 48.5 Å². The van der Waals surface area contributed by atoms with Gasteiger partial charge in [-0.25, -0.2) is 0 Å². The third-order valence-electron chi connectivity index (χ3n) is 3.06. The van der Waals surface area contributed by atoms with E-state index >= 15 is 0 Å². The minimum Gasteiger partial charge on any atom is -0.484 e. The summed E-state index contributed by atoms with van der Waals surface area (Å²) >= 11 is 0. The molecule has 0 aliphatic heterocycles. The monoisotopic (exact) mass is 352 g/mol. The number of benzene rings is 2. The maximum atomic E-state index is 12.3. The number of carbonyl (C=O) groups excluding carboxylic acids is 1. The maximum absolute atomic E-state index is 12.3. The van der Waals surface area contributed by atoms with Crippen molar-refractivity contribution in [3.05, 3.63) is 64.2 Å². The number of hydrogen-bond donors (Lipinski definition) is 1. The van der Waals surface area contributed by atoms with E-state index in [1.165, 1.54) is 36.4 Å². The van der Waals surface area contributed by atoms with Crippen LogP contribution in [0.1, 0.15) is 5.56 Å². The lowest BCUT2D eigenvalue weighted by molar-refractivity contribution is -0.384. The summed E-state index contributed by atoms with van der Waals surface area (Å²) in [6.07, 6.45) is 0. The van der Waals surface area contributed by atoms with Crippen LogP contribution in [0.5, 0.6) is 11.5 Å². The number of halogens is 2. The summed E-state index contributed by atoms with van der Waals surface area (Å²) < 4.78 is 34.2. The zero-order valence-corrected chi connectivity index (χ0v) is 12.9. The number of nitrogens with zero attached hydrogens (tertiary/aromatic N) is 1. The number of amides is 1. The Balaban J connectivity index is 1.87. The Morgan fingerprint density at radius 2 is 1.96 bits per heavy atom. The van der Waals surface area contributed by atoms with E-state index in [9.17, 15) is 23.7 Å². The van der Waals surface area contributed by atoms with Crippen molar-refractivity contribution in [2.45, 2.75) is 13.2 Å². The minimum absolute atomic E-state index is 0.0278. The topological polar surface area (TPSA) is 90.7 Å². The predicted octanol–water partition coefficient (Wildman–Crippen LogP) is 2.89. The van der Waals surface area contributed by atoms with E-state index in [-0.39, 0.29) is 30.3 Å². The summed E-state index contributed by atoms with van der Waals surface area (Å²) in [5.74, 6) is -0.374. The summed E-state index contributed by atoms with van der Waals surface area (Å²) in [5.41, 5.74) is 0.225. The fourth-order valence-electron chi connectivity index (χ4n) is 1.94. The molecule has 7 nitrogen and oxygen atoms in total. The van der Waals surface area contributed by atoms with Crippen molar-refractivity contribution < 1.29 is 28.0 Å². The van der Waals surface area contributed by atoms with Gasteiger partial charge in [0.25, 0.3) is 11.6 Å². The fourth-order valence-corrected chi connectivity index (χ4v) is 1.94. The Labute approximate surface area is 141 Å². The number of alkyl halides is 2. The van der Waals surface area contributed by atoms with Crippen molar-refractivity contribution in [1.29, 1.82) is 0 Å². The molecule has 0 aliphatic rings. The number of non-ortho nitro benzene ring substituents is 1. The Morgan fingerprint density at radius 1 is 1.20 bits per heavy atom. The highest BCUT2D eigenvalue weighted by molar-refractivity contribution is 5.77. The van der Waals surface area contributed by atoms with Crippen molar-refractivity contribution in [2.24, 2.45) is 0 Å². The van der Waals surface area contributed by atoms with Crippen molar-refractivity contribution in [3.8, 4) is 11.5 Å². The van der Waals surface area contributed by atoms with Crippen LogP contribution in [0.3, 0.4) is 0 Å². The van der Waals surface area contributed by atoms with Crippen molar-refractivity contribution in [3.63, 3.8) is 0 Å². The standard InChI is InChI=1S/C16H14F2N2O5/c17-16(18)25-14-7-2-1-4-11(14)9-19-15(21)10-24-13-6-3-5-12(8-13)20(22)23/h1-8,16H,9-10H2,(H,19,21). The van der Waals surface area contributed by atoms with Crippen LogP contribution in [0, 0.1) is 10.1 Å². The minimum atomic E-state index is -2.96. The maximum Gasteiger partial charge on any atom is 0.387 e. The Bertz CT molecular complexity index is 755. The highest BCUT2D eigenvalue weighted by atomic mass is 19.3. The highest BCUT2D eigenvalue weighted by Gasteiger charge is 2.11. The molecule has 2 rings (SSSR count). The molecule has 2 aromatic carbocycles. The van der Waals surface area contributed by atoms with Crippen LogP contribution in [0.2, 0.25) is 0 Å². The second-order valence-corrected chi connectivity index (χ2v) is 4.81. The van der Waals surface area contributed by atoms with Gasteiger partial charge < -0.3 is 14.8 Å². The van der Waals surface area contributed by atoms with E-state index in [4.69, 9.17) is 4.74 Å². The first-order valence-electron chi connectivity index (χ1n) is 7.12. The van der Waals surface area contributed by atoms with Gasteiger partial charge in [0.2, 0.25) is 0 Å². The van der Waals surface area contributed by atoms with Gasteiger partial charge in [0.1, 0.15) is 11.5 Å². The van der Waals surface area contributed by atoms with E-state index in [2.05, 4.69) is 10.1 Å². The molecule has 0 fully saturated rings. The lowest BCUT2D eigenvalue weighted by Gasteiger charge is -2.11. The van der Waals surface area contributed by atoms with Gasteiger partial charge in [-0.2, -0.15) is 8.78 Å². The molecule has 1 N–H and O–H groups in total. The van der Waals surface area contributed by atoms with Gasteiger partial charge in [-0.15, -0.1) is 0 Å². The first kappa shape index (κ1) is 18.1. The number of rotatable bonds is 8. The zero-order chi connectivity index (χ0) is 18.2. The van der Waals surface area contributed by atoms with Crippen LogP contribution in [-0.2, 0) is 11.3 Å². The average molecular weight is 352 g/mol. The van der Waals surface area contributed by atoms with Crippen LogP contribution in [0.25, 0.3) is 0 Å². The zero-order valence-electron chi connectivity index (χ0n) is 12.9. The first-order chi connectivity index (χ1) is 12.0. The lowest BCUT2D eigenvalue weighted by atomic mass is 10.2. The first-order valence-corrected chi connectivity index (χ1v) is 7.12. The van der Waals surface area contributed by atoms with Crippen LogP contribution >= 0.6 is 0 Å². The van der Waals surface area contributed by atoms with Gasteiger partial charge in [0.15, 0.2) is 6.61 Å². The second-order valence-electron chi connectivity index (χ2n) is 4.81. The van der Waals surface area contributed by atoms with Crippen molar-refractivity contribution in [2.75, 3.05) is 6.61 Å². The normalized spacial score (nSPS) is 10.4. The number of hydrogen-bond acceptors (Lipinski definition) is 5. The highest BCUT2D eigenvalue weighted by Crippen LogP contribution is 2.20. The molecule has 0 saturated carbocycles. The molecule has 0 heterocycles. The smallest absolute Gasteiger partial charge is 0.387 e. The molecule has 0 unspecified atom stereocenters. The van der Waals surface area contributed by atoms with Gasteiger partial charge in [-0.05, 0) is 12.1 Å². The van der Waals surface area contributed by atoms with Gasteiger partial charge in [-0.1, -0.05) is 24.3 Å². The van der Waals surface area contributed by atoms with Crippen molar-refractivity contribution >= 4 is 11.6 Å². The van der Waals surface area contributed by atoms with E-state index in [0.717, 1.165) is 0 Å². The van der Waals surface area contributed by atoms with E-state index in [1.807, 2.05) is 0 Å². The number of para-hydroxylation sites is 1. The summed E-state index contributed by atoms with van der Waals surface area (Å²) in [5, 5.41) is 13.2. The molecule has 0 saturated heterocycles. The van der Waals surface area contributed by atoms with Crippen LogP contribution in [0.4, 0.5) is 14.5 Å². The number of carbonyl (C=O) groups is 1. The third-order valence-corrected chi connectivity index (χ3v) is 3.06. The molecule has 0 aliphatic carbocycles. The molecule has 1 amide bonds. The molecule has 0 bridgehead atoms. The third kappa shape index (κ3) is 5.72. The number of nitro benzene ring substituents is 1. The molecule has 25 heavy (non-hydrogen) atoms. The molecule has 132 valence electrons. The van der Waals surface area contributed by atoms with Crippen molar-refractivity contribution in [1.82, 2.24) is 5.32 Å². The fraction of sp³-hybridized carbons (Fsp3) is 0.188. The second kappa shape index (κ2) is 8.57. The summed E-state index contributed by atoms with van der Waals surface area (Å²) in [6.45, 7) is -3.37. The molecule has 0 spiro atoms. The molecule has 0 aromatic heterocycles. The SMILES string of the molecule is O=C(COc1cccc([N+](=O)[O-])c1)NCc1ccccc1OC(F)F. The number of nitro groups is 1. The molecule has 0 atom stereocenters. The quantitative estimate of drug-likeness (QED) is 0.583. The lowest BCUT2D eigenvalue weighted by Crippen LogP contribution is -2.28. The Hall–Kier alpha value is -3.23.